The Labute approximate surface area is 124 Å². The molecule has 1 heterocycles. The number of amides is 1. The Kier molecular flexibility index (Phi) is 4.45. The normalized spacial score (nSPS) is 10.2. The quantitative estimate of drug-likeness (QED) is 0.438. The van der Waals surface area contributed by atoms with Crippen LogP contribution in [0.25, 0.3) is 0 Å². The molecule has 1 aromatic carbocycles. The molecular weight excluding hydrogens is 294 g/mol. The fourth-order valence-corrected chi connectivity index (χ4v) is 2.49. The standard InChI is InChI=1S/C12H13N5O3S/c1-7-5-14-10(21-7)6-15-12(18)8-3-2-4-9(17(19)20)11(8)16-13/h2-5,16H,6,13H2,1H3,(H,15,18). The van der Waals surface area contributed by atoms with E-state index in [1.165, 1.54) is 29.5 Å². The third-order valence-corrected chi connectivity index (χ3v) is 3.61. The van der Waals surface area contributed by atoms with Crippen LogP contribution in [0.5, 0.6) is 0 Å². The molecule has 9 heteroatoms. The Bertz CT molecular complexity index is 685. The van der Waals surface area contributed by atoms with Crippen LogP contribution < -0.4 is 16.6 Å². The van der Waals surface area contributed by atoms with E-state index in [4.69, 9.17) is 5.84 Å². The number of nitrogens with one attached hydrogen (secondary N) is 2. The van der Waals surface area contributed by atoms with Crippen LogP contribution in [0.4, 0.5) is 11.4 Å². The van der Waals surface area contributed by atoms with E-state index < -0.39 is 10.8 Å². The van der Waals surface area contributed by atoms with Crippen molar-refractivity contribution in [1.29, 1.82) is 0 Å². The van der Waals surface area contributed by atoms with Crippen LogP contribution >= 0.6 is 11.3 Å². The first kappa shape index (κ1) is 14.9. The number of nitro groups is 1. The number of aromatic nitrogens is 1. The maximum atomic E-state index is 12.1. The summed E-state index contributed by atoms with van der Waals surface area (Å²) in [6.45, 7) is 2.17. The second kappa shape index (κ2) is 6.29. The first-order chi connectivity index (χ1) is 10.0. The number of hydrazine groups is 1. The number of thiazole rings is 1. The molecule has 110 valence electrons. The number of hydrogen-bond donors (Lipinski definition) is 3. The van der Waals surface area contributed by atoms with Crippen molar-refractivity contribution in [3.05, 3.63) is 50.0 Å². The van der Waals surface area contributed by atoms with Gasteiger partial charge < -0.3 is 10.7 Å². The van der Waals surface area contributed by atoms with Crippen molar-refractivity contribution in [2.24, 2.45) is 5.84 Å². The van der Waals surface area contributed by atoms with Crippen LogP contribution in [0.2, 0.25) is 0 Å². The predicted molar refractivity (Wildman–Crippen MR) is 78.9 cm³/mol. The second-order valence-corrected chi connectivity index (χ2v) is 5.47. The minimum atomic E-state index is -0.601. The van der Waals surface area contributed by atoms with Crippen LogP contribution in [0.1, 0.15) is 20.2 Å². The van der Waals surface area contributed by atoms with Gasteiger partial charge in [-0.05, 0) is 13.0 Å². The Balaban J connectivity index is 2.19. The van der Waals surface area contributed by atoms with E-state index in [2.05, 4.69) is 15.7 Å². The summed E-state index contributed by atoms with van der Waals surface area (Å²) in [4.78, 5) is 27.6. The lowest BCUT2D eigenvalue weighted by Crippen LogP contribution is -2.25. The highest BCUT2D eigenvalue weighted by molar-refractivity contribution is 7.11. The zero-order chi connectivity index (χ0) is 15.4. The molecule has 4 N–H and O–H groups in total. The molecule has 0 bridgehead atoms. The number of hydrogen-bond acceptors (Lipinski definition) is 7. The van der Waals surface area contributed by atoms with Crippen molar-refractivity contribution in [2.75, 3.05) is 5.43 Å². The van der Waals surface area contributed by atoms with Gasteiger partial charge in [0.1, 0.15) is 10.7 Å². The van der Waals surface area contributed by atoms with Gasteiger partial charge in [-0.15, -0.1) is 11.3 Å². The first-order valence-corrected chi connectivity index (χ1v) is 6.78. The van der Waals surface area contributed by atoms with E-state index in [0.29, 0.717) is 0 Å². The maximum Gasteiger partial charge on any atom is 0.294 e. The monoisotopic (exact) mass is 307 g/mol. The van der Waals surface area contributed by atoms with Crippen molar-refractivity contribution >= 4 is 28.6 Å². The summed E-state index contributed by atoms with van der Waals surface area (Å²) in [7, 11) is 0. The lowest BCUT2D eigenvalue weighted by molar-refractivity contribution is -0.384. The Morgan fingerprint density at radius 1 is 1.52 bits per heavy atom. The second-order valence-electron chi connectivity index (χ2n) is 4.15. The van der Waals surface area contributed by atoms with Crippen molar-refractivity contribution in [1.82, 2.24) is 10.3 Å². The number of para-hydroxylation sites is 1. The number of benzene rings is 1. The molecule has 0 atom stereocenters. The molecule has 2 aromatic rings. The predicted octanol–water partition coefficient (Wildman–Crippen LogP) is 1.58. The molecule has 0 unspecified atom stereocenters. The summed E-state index contributed by atoms with van der Waals surface area (Å²) < 4.78 is 0. The number of nitrogens with zero attached hydrogens (tertiary/aromatic N) is 2. The number of nitrogens with two attached hydrogens (primary N) is 1. The summed E-state index contributed by atoms with van der Waals surface area (Å²) in [5, 5.41) is 14.3. The molecule has 21 heavy (non-hydrogen) atoms. The Hall–Kier alpha value is -2.52. The molecule has 0 radical (unpaired) electrons. The highest BCUT2D eigenvalue weighted by Crippen LogP contribution is 2.27. The molecular formula is C12H13N5O3S. The van der Waals surface area contributed by atoms with Crippen LogP contribution in [-0.4, -0.2) is 15.8 Å². The summed E-state index contributed by atoms with van der Waals surface area (Å²) >= 11 is 1.47. The van der Waals surface area contributed by atoms with Crippen LogP contribution in [0.3, 0.4) is 0 Å². The summed E-state index contributed by atoms with van der Waals surface area (Å²) in [5.74, 6) is 4.83. The summed E-state index contributed by atoms with van der Waals surface area (Å²) in [6, 6.07) is 4.17. The Morgan fingerprint density at radius 3 is 2.86 bits per heavy atom. The van der Waals surface area contributed by atoms with E-state index in [9.17, 15) is 14.9 Å². The fourth-order valence-electron chi connectivity index (χ4n) is 1.77. The average molecular weight is 307 g/mol. The third-order valence-electron chi connectivity index (χ3n) is 2.70. The first-order valence-electron chi connectivity index (χ1n) is 5.96. The number of carbonyl (C=O) groups excluding carboxylic acids is 1. The van der Waals surface area contributed by atoms with Crippen LogP contribution in [0, 0.1) is 17.0 Å². The van der Waals surface area contributed by atoms with E-state index in [1.807, 2.05) is 6.92 Å². The number of aryl methyl sites for hydroxylation is 1. The van der Waals surface area contributed by atoms with Gasteiger partial charge >= 0.3 is 0 Å². The molecule has 1 amide bonds. The fraction of sp³-hybridized carbons (Fsp3) is 0.167. The van der Waals surface area contributed by atoms with Crippen LogP contribution in [-0.2, 0) is 6.54 Å². The van der Waals surface area contributed by atoms with Gasteiger partial charge in [0.05, 0.1) is 17.0 Å². The summed E-state index contributed by atoms with van der Waals surface area (Å²) in [5.41, 5.74) is 2.05. The van der Waals surface area contributed by atoms with Gasteiger partial charge in [-0.2, -0.15) is 0 Å². The minimum Gasteiger partial charge on any atom is -0.345 e. The highest BCUT2D eigenvalue weighted by Gasteiger charge is 2.20. The largest absolute Gasteiger partial charge is 0.345 e. The molecule has 0 aliphatic heterocycles. The molecule has 0 aliphatic rings. The van der Waals surface area contributed by atoms with Gasteiger partial charge in [0.15, 0.2) is 0 Å². The van der Waals surface area contributed by atoms with E-state index >= 15 is 0 Å². The van der Waals surface area contributed by atoms with Gasteiger partial charge in [-0.3, -0.25) is 20.8 Å². The summed E-state index contributed by atoms with van der Waals surface area (Å²) in [6.07, 6.45) is 1.71. The van der Waals surface area contributed by atoms with Gasteiger partial charge in [0, 0.05) is 17.1 Å². The van der Waals surface area contributed by atoms with Gasteiger partial charge in [0.25, 0.3) is 11.6 Å². The average Bonchev–Trinajstić information content (AvgIpc) is 2.89. The molecule has 2 rings (SSSR count). The van der Waals surface area contributed by atoms with E-state index in [-0.39, 0.29) is 23.5 Å². The maximum absolute atomic E-state index is 12.1. The minimum absolute atomic E-state index is 0.0182. The topological polar surface area (TPSA) is 123 Å². The zero-order valence-electron chi connectivity index (χ0n) is 11.1. The van der Waals surface area contributed by atoms with Crippen molar-refractivity contribution in [2.45, 2.75) is 13.5 Å². The van der Waals surface area contributed by atoms with Crippen LogP contribution in [0.15, 0.2) is 24.4 Å². The van der Waals surface area contributed by atoms with Crippen molar-refractivity contribution in [3.63, 3.8) is 0 Å². The number of anilines is 1. The smallest absolute Gasteiger partial charge is 0.294 e. The molecule has 0 saturated heterocycles. The number of nitro benzene ring substituents is 1. The number of carbonyl (C=O) groups is 1. The van der Waals surface area contributed by atoms with Crippen molar-refractivity contribution < 1.29 is 9.72 Å². The van der Waals surface area contributed by atoms with Gasteiger partial charge in [-0.25, -0.2) is 4.98 Å². The highest BCUT2D eigenvalue weighted by atomic mass is 32.1. The molecule has 0 fully saturated rings. The molecule has 1 aromatic heterocycles. The molecule has 8 nitrogen and oxygen atoms in total. The third kappa shape index (κ3) is 3.33. The molecule has 0 aliphatic carbocycles. The zero-order valence-corrected chi connectivity index (χ0v) is 11.9. The molecule has 0 saturated carbocycles. The van der Waals surface area contributed by atoms with Gasteiger partial charge in [0.2, 0.25) is 0 Å². The molecule has 0 spiro atoms. The SMILES string of the molecule is Cc1cnc(CNC(=O)c2cccc([N+](=O)[O-])c2NN)s1. The van der Waals surface area contributed by atoms with E-state index in [0.717, 1.165) is 9.88 Å². The van der Waals surface area contributed by atoms with Crippen molar-refractivity contribution in [3.8, 4) is 0 Å². The number of nitrogen functional groups attached to an aromatic ring is 1. The van der Waals surface area contributed by atoms with E-state index in [1.54, 1.807) is 6.20 Å². The number of rotatable bonds is 5. The lowest BCUT2D eigenvalue weighted by Gasteiger charge is -2.09. The Morgan fingerprint density at radius 2 is 2.29 bits per heavy atom. The van der Waals surface area contributed by atoms with Gasteiger partial charge in [-0.1, -0.05) is 6.07 Å². The lowest BCUT2D eigenvalue weighted by atomic mass is 10.1.